The van der Waals surface area contributed by atoms with Gasteiger partial charge in [-0.2, -0.15) is 0 Å². The average Bonchev–Trinajstić information content (AvgIpc) is 3.02. The van der Waals surface area contributed by atoms with Crippen LogP contribution in [0.15, 0.2) is 114 Å². The molecule has 0 aromatic heterocycles. The third-order valence-corrected chi connectivity index (χ3v) is 9.48. The highest BCUT2D eigenvalue weighted by molar-refractivity contribution is 7.92. The molecule has 0 bridgehead atoms. The van der Waals surface area contributed by atoms with Gasteiger partial charge >= 0.3 is 0 Å². The SMILES string of the molecule is CC[C@@H](C)NC(=O)[C@@H](Cc1ccccc1)N(Cc1ccccc1)C(=O)CN(c1cccc(C)c1)S(=O)(=O)c1ccc(Cl)cc1. The number of carbonyl (C=O) groups excluding carboxylic acids is 2. The second-order valence-corrected chi connectivity index (χ2v) is 13.1. The predicted molar refractivity (Wildman–Crippen MR) is 176 cm³/mol. The Kier molecular flexibility index (Phi) is 11.2. The highest BCUT2D eigenvalue weighted by atomic mass is 35.5. The van der Waals surface area contributed by atoms with Crippen molar-refractivity contribution in [1.82, 2.24) is 10.2 Å². The molecule has 9 heteroatoms. The molecule has 44 heavy (non-hydrogen) atoms. The van der Waals surface area contributed by atoms with Gasteiger partial charge in [0.2, 0.25) is 11.8 Å². The molecule has 4 aromatic rings. The molecule has 0 saturated carbocycles. The minimum atomic E-state index is -4.19. The Morgan fingerprint density at radius 3 is 2.05 bits per heavy atom. The van der Waals surface area contributed by atoms with Crippen molar-refractivity contribution in [1.29, 1.82) is 0 Å². The van der Waals surface area contributed by atoms with Crippen molar-refractivity contribution in [2.75, 3.05) is 10.8 Å². The molecule has 0 unspecified atom stereocenters. The van der Waals surface area contributed by atoms with Crippen LogP contribution in [0.2, 0.25) is 5.02 Å². The molecular weight excluding hydrogens is 594 g/mol. The number of anilines is 1. The second kappa shape index (κ2) is 15.0. The number of nitrogens with one attached hydrogen (secondary N) is 1. The van der Waals surface area contributed by atoms with Gasteiger partial charge < -0.3 is 10.2 Å². The van der Waals surface area contributed by atoms with Crippen LogP contribution >= 0.6 is 11.6 Å². The summed E-state index contributed by atoms with van der Waals surface area (Å²) in [5.41, 5.74) is 2.88. The molecule has 2 amide bonds. The fraction of sp³-hybridized carbons (Fsp3) is 0.257. The molecule has 7 nitrogen and oxygen atoms in total. The lowest BCUT2D eigenvalue weighted by Crippen LogP contribution is -2.54. The van der Waals surface area contributed by atoms with Gasteiger partial charge in [-0.25, -0.2) is 8.42 Å². The first-order chi connectivity index (χ1) is 21.1. The van der Waals surface area contributed by atoms with Crippen molar-refractivity contribution in [3.63, 3.8) is 0 Å². The average molecular weight is 632 g/mol. The summed E-state index contributed by atoms with van der Waals surface area (Å²) in [6, 6.07) is 30.7. The molecule has 0 heterocycles. The van der Waals surface area contributed by atoms with Crippen molar-refractivity contribution in [2.45, 2.75) is 57.1 Å². The van der Waals surface area contributed by atoms with Crippen LogP contribution in [0.3, 0.4) is 0 Å². The van der Waals surface area contributed by atoms with E-state index < -0.39 is 28.5 Å². The van der Waals surface area contributed by atoms with E-state index in [1.807, 2.05) is 87.5 Å². The van der Waals surface area contributed by atoms with Crippen LogP contribution in [0.4, 0.5) is 5.69 Å². The van der Waals surface area contributed by atoms with Crippen LogP contribution in [-0.2, 0) is 32.6 Å². The third kappa shape index (κ3) is 8.49. The number of aryl methyl sites for hydroxylation is 1. The minimum absolute atomic E-state index is 0.00108. The van der Waals surface area contributed by atoms with E-state index in [0.29, 0.717) is 10.7 Å². The number of rotatable bonds is 13. The van der Waals surface area contributed by atoms with Crippen LogP contribution in [0.5, 0.6) is 0 Å². The maximum atomic E-state index is 14.5. The molecular formula is C35H38ClN3O4S. The zero-order chi connectivity index (χ0) is 31.7. The Hall–Kier alpha value is -4.14. The topological polar surface area (TPSA) is 86.8 Å². The highest BCUT2D eigenvalue weighted by Gasteiger charge is 2.35. The normalized spacial score (nSPS) is 12.6. The molecule has 230 valence electrons. The summed E-state index contributed by atoms with van der Waals surface area (Å²) in [5, 5.41) is 3.44. The number of nitrogens with zero attached hydrogens (tertiary/aromatic N) is 2. The van der Waals surface area contributed by atoms with Crippen LogP contribution < -0.4 is 9.62 Å². The number of hydrogen-bond donors (Lipinski definition) is 1. The van der Waals surface area contributed by atoms with Crippen molar-refractivity contribution in [3.05, 3.63) is 131 Å². The van der Waals surface area contributed by atoms with Gasteiger partial charge in [-0.1, -0.05) is 91.3 Å². The minimum Gasteiger partial charge on any atom is -0.352 e. The standard InChI is InChI=1S/C35H38ClN3O4S/c1-4-27(3)37-35(41)33(23-28-13-7-5-8-14-28)38(24-29-15-9-6-10-16-29)34(40)25-39(31-17-11-12-26(2)22-31)44(42,43)32-20-18-30(36)19-21-32/h5-22,27,33H,4,23-25H2,1-3H3,(H,37,41)/t27-,33-/m1/s1. The molecule has 0 saturated heterocycles. The summed E-state index contributed by atoms with van der Waals surface area (Å²) in [7, 11) is -4.19. The Morgan fingerprint density at radius 2 is 1.45 bits per heavy atom. The van der Waals surface area contributed by atoms with Gasteiger partial charge in [0.15, 0.2) is 0 Å². The van der Waals surface area contributed by atoms with E-state index in [9.17, 15) is 18.0 Å². The molecule has 0 aliphatic carbocycles. The third-order valence-electron chi connectivity index (χ3n) is 7.44. The summed E-state index contributed by atoms with van der Waals surface area (Å²) in [4.78, 5) is 29.8. The molecule has 0 spiro atoms. The Labute approximate surface area is 265 Å². The lowest BCUT2D eigenvalue weighted by Gasteiger charge is -2.34. The summed E-state index contributed by atoms with van der Waals surface area (Å²) >= 11 is 6.05. The van der Waals surface area contributed by atoms with Gasteiger partial charge in [-0.15, -0.1) is 0 Å². The Balaban J connectivity index is 1.79. The van der Waals surface area contributed by atoms with Crippen molar-refractivity contribution in [3.8, 4) is 0 Å². The molecule has 4 aromatic carbocycles. The largest absolute Gasteiger partial charge is 0.352 e. The fourth-order valence-electron chi connectivity index (χ4n) is 4.82. The first-order valence-electron chi connectivity index (χ1n) is 14.6. The molecule has 2 atom stereocenters. The maximum absolute atomic E-state index is 14.5. The zero-order valence-corrected chi connectivity index (χ0v) is 26.8. The Bertz CT molecular complexity index is 1650. The van der Waals surface area contributed by atoms with Crippen molar-refractivity contribution >= 4 is 39.1 Å². The van der Waals surface area contributed by atoms with E-state index in [-0.39, 0.29) is 29.8 Å². The summed E-state index contributed by atoms with van der Waals surface area (Å²) < 4.78 is 29.3. The van der Waals surface area contributed by atoms with E-state index in [2.05, 4.69) is 5.32 Å². The monoisotopic (exact) mass is 631 g/mol. The number of sulfonamides is 1. The van der Waals surface area contributed by atoms with Crippen LogP contribution in [0.25, 0.3) is 0 Å². The molecule has 0 fully saturated rings. The van der Waals surface area contributed by atoms with Crippen molar-refractivity contribution in [2.24, 2.45) is 0 Å². The van der Waals surface area contributed by atoms with Gasteiger partial charge in [0.05, 0.1) is 10.6 Å². The maximum Gasteiger partial charge on any atom is 0.264 e. The van der Waals surface area contributed by atoms with Crippen molar-refractivity contribution < 1.29 is 18.0 Å². The second-order valence-electron chi connectivity index (χ2n) is 10.8. The molecule has 4 rings (SSSR count). The molecule has 0 aliphatic rings. The van der Waals surface area contributed by atoms with Gasteiger partial charge in [0, 0.05) is 24.0 Å². The molecule has 0 radical (unpaired) electrons. The molecule has 0 aliphatic heterocycles. The van der Waals surface area contributed by atoms with Gasteiger partial charge in [0.1, 0.15) is 12.6 Å². The van der Waals surface area contributed by atoms with Gasteiger partial charge in [-0.05, 0) is 73.4 Å². The van der Waals surface area contributed by atoms with Crippen LogP contribution in [0.1, 0.15) is 37.0 Å². The van der Waals surface area contributed by atoms with Crippen LogP contribution in [0, 0.1) is 6.92 Å². The lowest BCUT2D eigenvalue weighted by atomic mass is 10.0. The van der Waals surface area contributed by atoms with E-state index in [1.54, 1.807) is 18.2 Å². The number of amides is 2. The van der Waals surface area contributed by atoms with E-state index in [0.717, 1.165) is 27.4 Å². The predicted octanol–water partition coefficient (Wildman–Crippen LogP) is 6.40. The first kappa shape index (κ1) is 32.8. The summed E-state index contributed by atoms with van der Waals surface area (Å²) in [6.07, 6.45) is 0.979. The number of hydrogen-bond acceptors (Lipinski definition) is 4. The quantitative estimate of drug-likeness (QED) is 0.185. The first-order valence-corrected chi connectivity index (χ1v) is 16.4. The van der Waals surface area contributed by atoms with Gasteiger partial charge in [-0.3, -0.25) is 13.9 Å². The number of halogens is 1. The summed E-state index contributed by atoms with van der Waals surface area (Å²) in [6.45, 7) is 5.36. The van der Waals surface area contributed by atoms with E-state index in [1.165, 1.54) is 29.2 Å². The Morgan fingerprint density at radius 1 is 0.841 bits per heavy atom. The number of carbonyl (C=O) groups is 2. The van der Waals surface area contributed by atoms with Crippen LogP contribution in [-0.4, -0.2) is 43.8 Å². The fourth-order valence-corrected chi connectivity index (χ4v) is 6.35. The highest BCUT2D eigenvalue weighted by Crippen LogP contribution is 2.26. The van der Waals surface area contributed by atoms with E-state index >= 15 is 0 Å². The number of benzene rings is 4. The summed E-state index contributed by atoms with van der Waals surface area (Å²) in [5.74, 6) is -0.803. The zero-order valence-electron chi connectivity index (χ0n) is 25.2. The van der Waals surface area contributed by atoms with Gasteiger partial charge in [0.25, 0.3) is 10.0 Å². The smallest absolute Gasteiger partial charge is 0.264 e. The van der Waals surface area contributed by atoms with E-state index in [4.69, 9.17) is 11.6 Å². The molecule has 1 N–H and O–H groups in total. The lowest BCUT2D eigenvalue weighted by molar-refractivity contribution is -0.140.